The topological polar surface area (TPSA) is 17.8 Å². The molecule has 0 unspecified atom stereocenters. The maximum absolute atomic E-state index is 5.94. The molecule has 1 heterocycles. The number of benzene rings is 1. The molecule has 5 heteroatoms. The van der Waals surface area contributed by atoms with Gasteiger partial charge in [-0.2, -0.15) is 0 Å². The molecule has 0 N–H and O–H groups in total. The van der Waals surface area contributed by atoms with Crippen molar-refractivity contribution in [2.45, 2.75) is 10.6 Å². The van der Waals surface area contributed by atoms with Crippen LogP contribution in [0.5, 0.6) is 0 Å². The quantitative estimate of drug-likeness (QED) is 0.786. The van der Waals surface area contributed by atoms with Gasteiger partial charge in [-0.3, -0.25) is 0 Å². The van der Waals surface area contributed by atoms with Crippen LogP contribution in [0.1, 0.15) is 5.69 Å². The van der Waals surface area contributed by atoms with Crippen molar-refractivity contribution in [2.75, 3.05) is 0 Å². The molecular formula is C11H10Cl2N2S. The Morgan fingerprint density at radius 1 is 1.31 bits per heavy atom. The van der Waals surface area contributed by atoms with Crippen LogP contribution in [0.25, 0.3) is 0 Å². The van der Waals surface area contributed by atoms with Crippen LogP contribution in [-0.2, 0) is 12.8 Å². The normalized spacial score (nSPS) is 10.7. The van der Waals surface area contributed by atoms with Gasteiger partial charge < -0.3 is 4.57 Å². The Labute approximate surface area is 109 Å². The van der Waals surface area contributed by atoms with Gasteiger partial charge in [0.05, 0.1) is 16.4 Å². The van der Waals surface area contributed by atoms with E-state index >= 15 is 0 Å². The van der Waals surface area contributed by atoms with Crippen LogP contribution >= 0.6 is 35.0 Å². The molecular weight excluding hydrogens is 263 g/mol. The average molecular weight is 273 g/mol. The summed E-state index contributed by atoms with van der Waals surface area (Å²) in [5, 5.41) is 1.18. The Morgan fingerprint density at radius 3 is 2.75 bits per heavy atom. The van der Waals surface area contributed by atoms with E-state index in [1.165, 1.54) is 5.69 Å². The van der Waals surface area contributed by atoms with Gasteiger partial charge in [-0.05, 0) is 18.2 Å². The summed E-state index contributed by atoms with van der Waals surface area (Å²) in [5.41, 5.74) is 1.18. The van der Waals surface area contributed by atoms with Crippen LogP contribution in [0.15, 0.2) is 35.6 Å². The van der Waals surface area contributed by atoms with Gasteiger partial charge in [-0.15, -0.1) is 11.8 Å². The molecule has 0 bridgehead atoms. The van der Waals surface area contributed by atoms with E-state index in [0.717, 1.165) is 10.6 Å². The van der Waals surface area contributed by atoms with E-state index in [9.17, 15) is 0 Å². The third kappa shape index (κ3) is 2.73. The van der Waals surface area contributed by atoms with Crippen molar-refractivity contribution in [3.8, 4) is 0 Å². The summed E-state index contributed by atoms with van der Waals surface area (Å²) in [6.45, 7) is 0. The van der Waals surface area contributed by atoms with Crippen molar-refractivity contribution < 1.29 is 0 Å². The van der Waals surface area contributed by atoms with E-state index in [2.05, 4.69) is 4.98 Å². The van der Waals surface area contributed by atoms with Crippen molar-refractivity contribution in [1.29, 1.82) is 0 Å². The Kier molecular flexibility index (Phi) is 3.79. The van der Waals surface area contributed by atoms with Crippen LogP contribution in [0, 0.1) is 0 Å². The summed E-state index contributed by atoms with van der Waals surface area (Å²) in [5.74, 6) is 0.870. The highest BCUT2D eigenvalue weighted by atomic mass is 35.5. The molecule has 84 valence electrons. The number of hydrogen-bond acceptors (Lipinski definition) is 2. The summed E-state index contributed by atoms with van der Waals surface area (Å²) in [6, 6.07) is 5.66. The zero-order chi connectivity index (χ0) is 11.5. The van der Waals surface area contributed by atoms with Crippen molar-refractivity contribution in [3.63, 3.8) is 0 Å². The number of halogens is 2. The summed E-state index contributed by atoms with van der Waals surface area (Å²) in [6.07, 6.45) is 3.66. The lowest BCUT2D eigenvalue weighted by molar-refractivity contribution is 0.867. The second kappa shape index (κ2) is 5.13. The first-order valence-corrected chi connectivity index (χ1v) is 6.44. The van der Waals surface area contributed by atoms with E-state index in [1.807, 2.05) is 36.0 Å². The van der Waals surface area contributed by atoms with Gasteiger partial charge in [0, 0.05) is 29.6 Å². The lowest BCUT2D eigenvalue weighted by Gasteiger charge is -2.03. The smallest absolute Gasteiger partial charge is 0.0945 e. The van der Waals surface area contributed by atoms with E-state index < -0.39 is 0 Å². The maximum Gasteiger partial charge on any atom is 0.0945 e. The van der Waals surface area contributed by atoms with Gasteiger partial charge in [0.1, 0.15) is 0 Å². The Balaban J connectivity index is 2.05. The summed E-state index contributed by atoms with van der Waals surface area (Å²) < 4.78 is 2.00. The van der Waals surface area contributed by atoms with Crippen LogP contribution in [0.4, 0.5) is 0 Å². The number of imidazole rings is 1. The zero-order valence-corrected chi connectivity index (χ0v) is 11.0. The minimum absolute atomic E-state index is 0.589. The fourth-order valence-corrected chi connectivity index (χ4v) is 2.57. The number of nitrogens with zero attached hydrogens (tertiary/aromatic N) is 2. The van der Waals surface area contributed by atoms with E-state index in [4.69, 9.17) is 23.2 Å². The summed E-state index contributed by atoms with van der Waals surface area (Å²) in [7, 11) is 1.98. The van der Waals surface area contributed by atoms with E-state index in [1.54, 1.807) is 18.1 Å². The first-order valence-electron chi connectivity index (χ1n) is 4.70. The molecule has 0 amide bonds. The fourth-order valence-electron chi connectivity index (χ4n) is 1.25. The molecule has 0 radical (unpaired) electrons. The molecule has 1 aromatic heterocycles. The van der Waals surface area contributed by atoms with Crippen molar-refractivity contribution >= 4 is 35.0 Å². The largest absolute Gasteiger partial charge is 0.337 e. The van der Waals surface area contributed by atoms with Crippen LogP contribution in [0.2, 0.25) is 10.0 Å². The van der Waals surface area contributed by atoms with Crippen LogP contribution in [0.3, 0.4) is 0 Å². The number of aromatic nitrogens is 2. The molecule has 0 saturated carbocycles. The highest BCUT2D eigenvalue weighted by Crippen LogP contribution is 2.29. The molecule has 0 atom stereocenters. The second-order valence-electron chi connectivity index (χ2n) is 3.36. The van der Waals surface area contributed by atoms with Gasteiger partial charge >= 0.3 is 0 Å². The van der Waals surface area contributed by atoms with Gasteiger partial charge in [-0.25, -0.2) is 4.98 Å². The number of rotatable bonds is 3. The molecule has 16 heavy (non-hydrogen) atoms. The SMILES string of the molecule is Cn1cncc1CSc1ccc(Cl)c(Cl)c1. The Bertz CT molecular complexity index is 496. The van der Waals surface area contributed by atoms with Gasteiger partial charge in [-0.1, -0.05) is 23.2 Å². The first-order chi connectivity index (χ1) is 7.66. The van der Waals surface area contributed by atoms with Gasteiger partial charge in [0.15, 0.2) is 0 Å². The summed E-state index contributed by atoms with van der Waals surface area (Å²) in [4.78, 5) is 5.18. The van der Waals surface area contributed by atoms with Gasteiger partial charge in [0.25, 0.3) is 0 Å². The van der Waals surface area contributed by atoms with Crippen molar-refractivity contribution in [3.05, 3.63) is 46.5 Å². The van der Waals surface area contributed by atoms with Crippen LogP contribution in [-0.4, -0.2) is 9.55 Å². The molecule has 2 nitrogen and oxygen atoms in total. The monoisotopic (exact) mass is 272 g/mol. The Hall–Kier alpha value is -0.640. The minimum Gasteiger partial charge on any atom is -0.337 e. The molecule has 2 aromatic rings. The third-order valence-corrected chi connectivity index (χ3v) is 3.96. The third-order valence-electron chi connectivity index (χ3n) is 2.19. The molecule has 2 rings (SSSR count). The van der Waals surface area contributed by atoms with Crippen molar-refractivity contribution in [1.82, 2.24) is 9.55 Å². The lowest BCUT2D eigenvalue weighted by atomic mass is 10.4. The zero-order valence-electron chi connectivity index (χ0n) is 8.65. The molecule has 0 aliphatic rings. The average Bonchev–Trinajstić information content (AvgIpc) is 2.66. The molecule has 0 fully saturated rings. The predicted molar refractivity (Wildman–Crippen MR) is 69.2 cm³/mol. The molecule has 0 saturated heterocycles. The van der Waals surface area contributed by atoms with E-state index in [-0.39, 0.29) is 0 Å². The highest BCUT2D eigenvalue weighted by Gasteiger charge is 2.02. The standard InChI is InChI=1S/C11H10Cl2N2S/c1-15-7-14-5-8(15)6-16-9-2-3-10(12)11(13)4-9/h2-5,7H,6H2,1H3. The predicted octanol–water partition coefficient (Wildman–Crippen LogP) is 4.02. The first kappa shape index (κ1) is 11.8. The van der Waals surface area contributed by atoms with Crippen LogP contribution < -0.4 is 0 Å². The molecule has 0 spiro atoms. The summed E-state index contributed by atoms with van der Waals surface area (Å²) >= 11 is 13.5. The highest BCUT2D eigenvalue weighted by molar-refractivity contribution is 7.98. The minimum atomic E-state index is 0.589. The number of hydrogen-bond donors (Lipinski definition) is 0. The molecule has 0 aliphatic carbocycles. The number of aryl methyl sites for hydroxylation is 1. The van der Waals surface area contributed by atoms with E-state index in [0.29, 0.717) is 10.0 Å². The molecule has 0 aliphatic heterocycles. The lowest BCUT2D eigenvalue weighted by Crippen LogP contribution is -1.91. The number of thioether (sulfide) groups is 1. The fraction of sp³-hybridized carbons (Fsp3) is 0.182. The maximum atomic E-state index is 5.94. The van der Waals surface area contributed by atoms with Gasteiger partial charge in [0.2, 0.25) is 0 Å². The molecule has 1 aromatic carbocycles. The second-order valence-corrected chi connectivity index (χ2v) is 5.22. The van der Waals surface area contributed by atoms with Crippen molar-refractivity contribution in [2.24, 2.45) is 7.05 Å². The Morgan fingerprint density at radius 2 is 2.12 bits per heavy atom.